The molecular formula is C10H19NO6. The van der Waals surface area contributed by atoms with E-state index in [0.29, 0.717) is 0 Å². The molecular weight excluding hydrogens is 230 g/mol. The molecule has 1 aliphatic heterocycles. The van der Waals surface area contributed by atoms with E-state index in [2.05, 4.69) is 5.32 Å². The van der Waals surface area contributed by atoms with Crippen LogP contribution in [0.25, 0.3) is 0 Å². The third-order valence-corrected chi connectivity index (χ3v) is 2.67. The first kappa shape index (κ1) is 14.3. The van der Waals surface area contributed by atoms with Gasteiger partial charge in [0.05, 0.1) is 6.61 Å². The molecule has 1 saturated heterocycles. The van der Waals surface area contributed by atoms with Gasteiger partial charge in [0.25, 0.3) is 0 Å². The summed E-state index contributed by atoms with van der Waals surface area (Å²) < 4.78 is 15.3. The summed E-state index contributed by atoms with van der Waals surface area (Å²) in [5.74, 6) is -0.364. The van der Waals surface area contributed by atoms with Gasteiger partial charge >= 0.3 is 0 Å². The van der Waals surface area contributed by atoms with Gasteiger partial charge in [-0.2, -0.15) is 0 Å². The molecule has 1 amide bonds. The molecule has 1 aliphatic rings. The minimum Gasteiger partial charge on any atom is -0.388 e. The Labute approximate surface area is 99.7 Å². The van der Waals surface area contributed by atoms with Crippen molar-refractivity contribution in [3.8, 4) is 0 Å². The summed E-state index contributed by atoms with van der Waals surface area (Å²) in [7, 11) is 2.90. The van der Waals surface area contributed by atoms with E-state index in [9.17, 15) is 15.0 Å². The average Bonchev–Trinajstić information content (AvgIpc) is 2.24. The minimum atomic E-state index is -1.29. The lowest BCUT2D eigenvalue weighted by molar-refractivity contribution is -0.260. The molecule has 0 saturated carbocycles. The van der Waals surface area contributed by atoms with Crippen LogP contribution in [0, 0.1) is 0 Å². The van der Waals surface area contributed by atoms with Crippen LogP contribution in [0.2, 0.25) is 0 Å². The fourth-order valence-electron chi connectivity index (χ4n) is 1.92. The van der Waals surface area contributed by atoms with Crippen LogP contribution >= 0.6 is 0 Å². The summed E-state index contributed by atoms with van der Waals surface area (Å²) in [6.07, 6.45) is -3.61. The third-order valence-electron chi connectivity index (χ3n) is 2.67. The van der Waals surface area contributed by atoms with Gasteiger partial charge < -0.3 is 29.7 Å². The number of hydrogen-bond donors (Lipinski definition) is 3. The molecule has 0 bridgehead atoms. The number of carbonyl (C=O) groups excluding carboxylic acids is 1. The lowest BCUT2D eigenvalue weighted by Crippen LogP contribution is -2.64. The predicted molar refractivity (Wildman–Crippen MR) is 57.2 cm³/mol. The van der Waals surface area contributed by atoms with Crippen molar-refractivity contribution >= 4 is 5.91 Å². The Morgan fingerprint density at radius 3 is 2.53 bits per heavy atom. The molecule has 0 unspecified atom stereocenters. The SMILES string of the molecule is COC[C@H]1O[C@H](O)[C@H](NC(C)=O)[C@@H](O)[C@H]1OC. The first-order chi connectivity index (χ1) is 8.01. The van der Waals surface area contributed by atoms with E-state index < -0.39 is 30.6 Å². The van der Waals surface area contributed by atoms with Crippen molar-refractivity contribution < 1.29 is 29.2 Å². The maximum absolute atomic E-state index is 11.0. The molecule has 0 aromatic carbocycles. The predicted octanol–water partition coefficient (Wildman–Crippen LogP) is -1.77. The molecule has 1 rings (SSSR count). The molecule has 17 heavy (non-hydrogen) atoms. The number of carbonyl (C=O) groups is 1. The van der Waals surface area contributed by atoms with E-state index in [1.165, 1.54) is 21.1 Å². The van der Waals surface area contributed by atoms with E-state index in [1.54, 1.807) is 0 Å². The van der Waals surface area contributed by atoms with Crippen molar-refractivity contribution in [2.75, 3.05) is 20.8 Å². The van der Waals surface area contributed by atoms with E-state index in [1.807, 2.05) is 0 Å². The Hall–Kier alpha value is -0.730. The summed E-state index contributed by atoms with van der Waals surface area (Å²) in [4.78, 5) is 11.0. The maximum Gasteiger partial charge on any atom is 0.217 e. The molecule has 1 fully saturated rings. The minimum absolute atomic E-state index is 0.180. The first-order valence-electron chi connectivity index (χ1n) is 5.31. The van der Waals surface area contributed by atoms with Gasteiger partial charge in [-0.1, -0.05) is 0 Å². The number of hydrogen-bond acceptors (Lipinski definition) is 6. The lowest BCUT2D eigenvalue weighted by Gasteiger charge is -2.42. The Balaban J connectivity index is 2.75. The highest BCUT2D eigenvalue weighted by molar-refractivity contribution is 5.73. The van der Waals surface area contributed by atoms with Gasteiger partial charge in [0.15, 0.2) is 6.29 Å². The van der Waals surface area contributed by atoms with Gasteiger partial charge in [0, 0.05) is 21.1 Å². The van der Waals surface area contributed by atoms with Crippen molar-refractivity contribution in [1.82, 2.24) is 5.32 Å². The highest BCUT2D eigenvalue weighted by Gasteiger charge is 2.45. The molecule has 7 heteroatoms. The number of methoxy groups -OCH3 is 2. The Morgan fingerprint density at radius 2 is 2.06 bits per heavy atom. The second-order valence-corrected chi connectivity index (χ2v) is 3.94. The van der Waals surface area contributed by atoms with E-state index in [4.69, 9.17) is 14.2 Å². The van der Waals surface area contributed by atoms with Crippen LogP contribution in [0.5, 0.6) is 0 Å². The lowest BCUT2D eigenvalue weighted by atomic mass is 9.97. The highest BCUT2D eigenvalue weighted by atomic mass is 16.6. The molecule has 7 nitrogen and oxygen atoms in total. The van der Waals surface area contributed by atoms with Gasteiger partial charge in [-0.25, -0.2) is 0 Å². The van der Waals surface area contributed by atoms with Crippen LogP contribution in [0.1, 0.15) is 6.92 Å². The quantitative estimate of drug-likeness (QED) is 0.545. The average molecular weight is 249 g/mol. The molecule has 5 atom stereocenters. The highest BCUT2D eigenvalue weighted by Crippen LogP contribution is 2.22. The van der Waals surface area contributed by atoms with E-state index in [0.717, 1.165) is 0 Å². The first-order valence-corrected chi connectivity index (χ1v) is 5.31. The summed E-state index contributed by atoms with van der Waals surface area (Å²) in [6.45, 7) is 1.47. The van der Waals surface area contributed by atoms with Crippen molar-refractivity contribution in [3.05, 3.63) is 0 Å². The molecule has 0 spiro atoms. The second-order valence-electron chi connectivity index (χ2n) is 3.94. The smallest absolute Gasteiger partial charge is 0.217 e. The zero-order chi connectivity index (χ0) is 13.0. The third kappa shape index (κ3) is 3.36. The molecule has 100 valence electrons. The largest absolute Gasteiger partial charge is 0.388 e. The topological polar surface area (TPSA) is 97.2 Å². The van der Waals surface area contributed by atoms with E-state index >= 15 is 0 Å². The summed E-state index contributed by atoms with van der Waals surface area (Å²) in [5.41, 5.74) is 0. The Morgan fingerprint density at radius 1 is 1.41 bits per heavy atom. The van der Waals surface area contributed by atoms with Gasteiger partial charge in [-0.15, -0.1) is 0 Å². The van der Waals surface area contributed by atoms with Crippen molar-refractivity contribution in [3.63, 3.8) is 0 Å². The molecule has 1 heterocycles. The van der Waals surface area contributed by atoms with Crippen LogP contribution in [-0.2, 0) is 19.0 Å². The molecule has 0 aliphatic carbocycles. The summed E-state index contributed by atoms with van der Waals surface area (Å²) in [5, 5.41) is 22.1. The number of amides is 1. The maximum atomic E-state index is 11.0. The van der Waals surface area contributed by atoms with Gasteiger partial charge in [0.1, 0.15) is 24.4 Å². The number of nitrogens with one attached hydrogen (secondary N) is 1. The van der Waals surface area contributed by atoms with Gasteiger partial charge in [-0.3, -0.25) is 4.79 Å². The second kappa shape index (κ2) is 6.27. The van der Waals surface area contributed by atoms with Crippen molar-refractivity contribution in [2.45, 2.75) is 37.6 Å². The number of aliphatic hydroxyl groups is 2. The molecule has 0 aromatic rings. The standard InChI is InChI=1S/C10H19NO6/c1-5(12)11-7-8(13)9(16-3)6(4-15-2)17-10(7)14/h6-10,13-14H,4H2,1-3H3,(H,11,12)/t6-,7-,8-,9+,10+/m1/s1. The number of ether oxygens (including phenoxy) is 3. The van der Waals surface area contributed by atoms with Gasteiger partial charge in [-0.05, 0) is 0 Å². The van der Waals surface area contributed by atoms with Crippen molar-refractivity contribution in [1.29, 1.82) is 0 Å². The van der Waals surface area contributed by atoms with Crippen LogP contribution in [-0.4, -0.2) is 67.6 Å². The monoisotopic (exact) mass is 249 g/mol. The number of rotatable bonds is 4. The Bertz CT molecular complexity index is 261. The fourth-order valence-corrected chi connectivity index (χ4v) is 1.92. The van der Waals surface area contributed by atoms with Crippen LogP contribution in [0.3, 0.4) is 0 Å². The summed E-state index contributed by atoms with van der Waals surface area (Å²) in [6, 6.07) is -0.912. The van der Waals surface area contributed by atoms with Crippen molar-refractivity contribution in [2.24, 2.45) is 0 Å². The van der Waals surface area contributed by atoms with E-state index in [-0.39, 0.29) is 12.5 Å². The zero-order valence-corrected chi connectivity index (χ0v) is 10.1. The number of aliphatic hydroxyl groups excluding tert-OH is 2. The molecule has 0 radical (unpaired) electrons. The molecule has 3 N–H and O–H groups in total. The van der Waals surface area contributed by atoms with Crippen LogP contribution < -0.4 is 5.32 Å². The van der Waals surface area contributed by atoms with Crippen LogP contribution in [0.4, 0.5) is 0 Å². The van der Waals surface area contributed by atoms with Crippen LogP contribution in [0.15, 0.2) is 0 Å². The summed E-state index contributed by atoms with van der Waals surface area (Å²) >= 11 is 0. The Kier molecular flexibility index (Phi) is 5.29. The fraction of sp³-hybridized carbons (Fsp3) is 0.900. The normalized spacial score (nSPS) is 37.8. The molecule has 0 aromatic heterocycles. The van der Waals surface area contributed by atoms with Gasteiger partial charge in [0.2, 0.25) is 5.91 Å². The zero-order valence-electron chi connectivity index (χ0n) is 10.1.